The first-order chi connectivity index (χ1) is 7.96. The maximum atomic E-state index is 12.3. The summed E-state index contributed by atoms with van der Waals surface area (Å²) in [5.41, 5.74) is 5.22. The Bertz CT molecular complexity index is 258. The van der Waals surface area contributed by atoms with Crippen LogP contribution in [0, 0.1) is 0 Å². The van der Waals surface area contributed by atoms with Crippen LogP contribution >= 0.6 is 0 Å². The third-order valence-corrected chi connectivity index (χ3v) is 2.70. The minimum Gasteiger partial charge on any atom is -0.378 e. The summed E-state index contributed by atoms with van der Waals surface area (Å²) in [5.74, 6) is -1.77. The molecule has 0 spiro atoms. The topological polar surface area (TPSA) is 55.6 Å². The SMILES string of the molecule is NCCOCC1CCCCN1C(=O)C(F)(F)F. The van der Waals surface area contributed by atoms with Gasteiger partial charge in [0.2, 0.25) is 0 Å². The van der Waals surface area contributed by atoms with E-state index in [-0.39, 0.29) is 13.2 Å². The van der Waals surface area contributed by atoms with E-state index in [1.165, 1.54) is 0 Å². The van der Waals surface area contributed by atoms with Crippen LogP contribution in [0.25, 0.3) is 0 Å². The number of carbonyl (C=O) groups excluding carboxylic acids is 1. The third kappa shape index (κ3) is 4.16. The predicted molar refractivity (Wildman–Crippen MR) is 55.3 cm³/mol. The summed E-state index contributed by atoms with van der Waals surface area (Å²) in [6.07, 6.45) is -2.83. The highest BCUT2D eigenvalue weighted by Crippen LogP contribution is 2.25. The molecular weight excluding hydrogens is 237 g/mol. The molecule has 100 valence electrons. The van der Waals surface area contributed by atoms with Crippen molar-refractivity contribution in [1.29, 1.82) is 0 Å². The minimum atomic E-state index is -4.80. The van der Waals surface area contributed by atoms with Gasteiger partial charge in [-0.3, -0.25) is 4.79 Å². The number of halogens is 3. The lowest BCUT2D eigenvalue weighted by atomic mass is 10.0. The number of carbonyl (C=O) groups is 1. The molecule has 17 heavy (non-hydrogen) atoms. The van der Waals surface area contributed by atoms with E-state index >= 15 is 0 Å². The number of rotatable bonds is 4. The molecule has 1 fully saturated rings. The molecule has 0 aliphatic carbocycles. The second-order valence-electron chi connectivity index (χ2n) is 4.01. The second-order valence-corrected chi connectivity index (χ2v) is 4.01. The molecule has 0 saturated carbocycles. The van der Waals surface area contributed by atoms with Crippen molar-refractivity contribution in [2.45, 2.75) is 31.5 Å². The van der Waals surface area contributed by atoms with Gasteiger partial charge in [0.15, 0.2) is 0 Å². The Morgan fingerprint density at radius 2 is 2.12 bits per heavy atom. The predicted octanol–water partition coefficient (Wildman–Crippen LogP) is 0.905. The number of likely N-dealkylation sites (tertiary alicyclic amines) is 1. The van der Waals surface area contributed by atoms with Crippen LogP contribution < -0.4 is 5.73 Å². The average molecular weight is 254 g/mol. The van der Waals surface area contributed by atoms with E-state index in [4.69, 9.17) is 10.5 Å². The zero-order valence-electron chi connectivity index (χ0n) is 9.50. The van der Waals surface area contributed by atoms with Gasteiger partial charge in [-0.05, 0) is 19.3 Å². The van der Waals surface area contributed by atoms with Crippen molar-refractivity contribution >= 4 is 5.91 Å². The maximum absolute atomic E-state index is 12.3. The van der Waals surface area contributed by atoms with E-state index in [1.807, 2.05) is 0 Å². The molecule has 1 saturated heterocycles. The van der Waals surface area contributed by atoms with Crippen LogP contribution in [0.4, 0.5) is 13.2 Å². The lowest BCUT2D eigenvalue weighted by molar-refractivity contribution is -0.190. The lowest BCUT2D eigenvalue weighted by Gasteiger charge is -2.35. The standard InChI is InChI=1S/C10H17F3N2O2/c11-10(12,13)9(16)15-5-2-1-3-8(15)7-17-6-4-14/h8H,1-7,14H2. The largest absolute Gasteiger partial charge is 0.471 e. The molecule has 2 N–H and O–H groups in total. The van der Waals surface area contributed by atoms with Gasteiger partial charge in [-0.25, -0.2) is 0 Å². The van der Waals surface area contributed by atoms with Crippen LogP contribution in [-0.4, -0.2) is 49.3 Å². The monoisotopic (exact) mass is 254 g/mol. The quantitative estimate of drug-likeness (QED) is 0.758. The Balaban J connectivity index is 2.56. The van der Waals surface area contributed by atoms with Crippen molar-refractivity contribution < 1.29 is 22.7 Å². The molecule has 1 amide bonds. The van der Waals surface area contributed by atoms with Crippen molar-refractivity contribution in [2.24, 2.45) is 5.73 Å². The van der Waals surface area contributed by atoms with E-state index in [0.717, 1.165) is 11.3 Å². The Morgan fingerprint density at radius 1 is 1.41 bits per heavy atom. The Labute approximate surface area is 97.9 Å². The van der Waals surface area contributed by atoms with Crippen molar-refractivity contribution in [3.05, 3.63) is 0 Å². The summed E-state index contributed by atoms with van der Waals surface area (Å²) in [6, 6.07) is -0.482. The average Bonchev–Trinajstić information content (AvgIpc) is 2.28. The molecule has 1 heterocycles. The van der Waals surface area contributed by atoms with E-state index in [2.05, 4.69) is 0 Å². The molecule has 0 radical (unpaired) electrons. The molecular formula is C10H17F3N2O2. The van der Waals surface area contributed by atoms with Gasteiger partial charge in [-0.2, -0.15) is 13.2 Å². The van der Waals surface area contributed by atoms with Crippen LogP contribution in [0.1, 0.15) is 19.3 Å². The number of hydrogen-bond acceptors (Lipinski definition) is 3. The van der Waals surface area contributed by atoms with Gasteiger partial charge in [0.05, 0.1) is 19.3 Å². The molecule has 0 aromatic heterocycles. The van der Waals surface area contributed by atoms with Crippen molar-refractivity contribution in [3.63, 3.8) is 0 Å². The van der Waals surface area contributed by atoms with Crippen LogP contribution in [0.15, 0.2) is 0 Å². The first-order valence-electron chi connectivity index (χ1n) is 5.62. The number of hydrogen-bond donors (Lipinski definition) is 1. The number of amides is 1. The first kappa shape index (κ1) is 14.2. The highest BCUT2D eigenvalue weighted by molar-refractivity contribution is 5.82. The molecule has 1 rings (SSSR count). The lowest BCUT2D eigenvalue weighted by Crippen LogP contribution is -2.51. The molecule has 4 nitrogen and oxygen atoms in total. The highest BCUT2D eigenvalue weighted by Gasteiger charge is 2.45. The normalized spacial score (nSPS) is 21.6. The summed E-state index contributed by atoms with van der Waals surface area (Å²) in [4.78, 5) is 12.1. The van der Waals surface area contributed by atoms with Gasteiger partial charge in [0, 0.05) is 13.1 Å². The smallest absolute Gasteiger partial charge is 0.378 e. The molecule has 1 aliphatic heterocycles. The van der Waals surface area contributed by atoms with Gasteiger partial charge in [0.25, 0.3) is 0 Å². The summed E-state index contributed by atoms with van der Waals surface area (Å²) in [6.45, 7) is 0.887. The fraction of sp³-hybridized carbons (Fsp3) is 0.900. The summed E-state index contributed by atoms with van der Waals surface area (Å²) in [5, 5.41) is 0. The van der Waals surface area contributed by atoms with E-state index in [0.29, 0.717) is 26.0 Å². The molecule has 1 unspecified atom stereocenters. The zero-order valence-corrected chi connectivity index (χ0v) is 9.50. The fourth-order valence-electron chi connectivity index (χ4n) is 1.91. The summed E-state index contributed by atoms with van der Waals surface area (Å²) >= 11 is 0. The Kier molecular flexibility index (Phi) is 5.20. The number of nitrogens with two attached hydrogens (primary N) is 1. The van der Waals surface area contributed by atoms with Crippen LogP contribution in [0.5, 0.6) is 0 Å². The van der Waals surface area contributed by atoms with Crippen LogP contribution in [-0.2, 0) is 9.53 Å². The van der Waals surface area contributed by atoms with Gasteiger partial charge in [-0.1, -0.05) is 0 Å². The van der Waals surface area contributed by atoms with Crippen molar-refractivity contribution in [3.8, 4) is 0 Å². The maximum Gasteiger partial charge on any atom is 0.471 e. The van der Waals surface area contributed by atoms with Crippen LogP contribution in [0.3, 0.4) is 0 Å². The van der Waals surface area contributed by atoms with E-state index < -0.39 is 18.1 Å². The molecule has 1 atom stereocenters. The summed E-state index contributed by atoms with van der Waals surface area (Å²) in [7, 11) is 0. The molecule has 0 bridgehead atoms. The number of ether oxygens (including phenoxy) is 1. The molecule has 0 aromatic rings. The highest BCUT2D eigenvalue weighted by atomic mass is 19.4. The number of nitrogens with zero attached hydrogens (tertiary/aromatic N) is 1. The molecule has 1 aliphatic rings. The van der Waals surface area contributed by atoms with Crippen molar-refractivity contribution in [1.82, 2.24) is 4.90 Å². The van der Waals surface area contributed by atoms with Gasteiger partial charge in [0.1, 0.15) is 0 Å². The Morgan fingerprint density at radius 3 is 2.71 bits per heavy atom. The van der Waals surface area contributed by atoms with Gasteiger partial charge >= 0.3 is 12.1 Å². The van der Waals surface area contributed by atoms with Gasteiger partial charge in [-0.15, -0.1) is 0 Å². The van der Waals surface area contributed by atoms with E-state index in [9.17, 15) is 18.0 Å². The number of alkyl halides is 3. The third-order valence-electron chi connectivity index (χ3n) is 2.70. The van der Waals surface area contributed by atoms with Gasteiger partial charge < -0.3 is 15.4 Å². The molecule has 0 aromatic carbocycles. The fourth-order valence-corrected chi connectivity index (χ4v) is 1.91. The Hall–Kier alpha value is -0.820. The van der Waals surface area contributed by atoms with Crippen molar-refractivity contribution in [2.75, 3.05) is 26.3 Å². The molecule has 7 heteroatoms. The van der Waals surface area contributed by atoms with E-state index in [1.54, 1.807) is 0 Å². The first-order valence-corrected chi connectivity index (χ1v) is 5.62. The second kappa shape index (κ2) is 6.20. The summed E-state index contributed by atoms with van der Waals surface area (Å²) < 4.78 is 42.2. The van der Waals surface area contributed by atoms with Crippen LogP contribution in [0.2, 0.25) is 0 Å². The number of piperidine rings is 1. The minimum absolute atomic E-state index is 0.124. The zero-order chi connectivity index (χ0) is 12.9.